The van der Waals surface area contributed by atoms with Crippen molar-refractivity contribution in [3.05, 3.63) is 65.4 Å². The number of fused-ring (bicyclic) bond motifs is 1. The number of ether oxygens (including phenoxy) is 3. The zero-order chi connectivity index (χ0) is 19.5. The van der Waals surface area contributed by atoms with E-state index in [0.29, 0.717) is 41.7 Å². The van der Waals surface area contributed by atoms with Crippen molar-refractivity contribution in [3.8, 4) is 22.8 Å². The van der Waals surface area contributed by atoms with E-state index < -0.39 is 12.6 Å². The average molecular weight is 379 g/mol. The van der Waals surface area contributed by atoms with Gasteiger partial charge in [-0.1, -0.05) is 35.5 Å². The maximum absolute atomic E-state index is 12.6. The summed E-state index contributed by atoms with van der Waals surface area (Å²) in [5, 5.41) is 3.95. The first-order valence-electron chi connectivity index (χ1n) is 8.75. The molecule has 28 heavy (non-hydrogen) atoms. The second-order valence-electron chi connectivity index (χ2n) is 6.19. The number of benzene rings is 2. The molecule has 0 bridgehead atoms. The number of hydrogen-bond donors (Lipinski definition) is 0. The molecular weight excluding hydrogens is 362 g/mol. The van der Waals surface area contributed by atoms with Gasteiger partial charge in [0, 0.05) is 11.1 Å². The lowest BCUT2D eigenvalue weighted by Gasteiger charge is -2.18. The van der Waals surface area contributed by atoms with Gasteiger partial charge in [0.15, 0.2) is 23.9 Å². The van der Waals surface area contributed by atoms with E-state index in [2.05, 4.69) is 5.16 Å². The molecule has 7 nitrogen and oxygen atoms in total. The van der Waals surface area contributed by atoms with Gasteiger partial charge in [-0.25, -0.2) is 4.79 Å². The van der Waals surface area contributed by atoms with E-state index in [1.165, 1.54) is 0 Å². The molecule has 3 aromatic rings. The fraction of sp³-hybridized carbons (Fsp3) is 0.190. The number of ketones is 1. The van der Waals surface area contributed by atoms with Crippen molar-refractivity contribution in [1.82, 2.24) is 5.16 Å². The number of Topliss-reactive ketones (excluding diaryl/α,β-unsaturated/α-hetero) is 1. The van der Waals surface area contributed by atoms with Gasteiger partial charge in [0.05, 0.1) is 0 Å². The van der Waals surface area contributed by atoms with E-state index >= 15 is 0 Å². The summed E-state index contributed by atoms with van der Waals surface area (Å²) in [5.74, 6) is 0.414. The Balaban J connectivity index is 1.48. The molecule has 0 amide bonds. The van der Waals surface area contributed by atoms with Crippen molar-refractivity contribution in [2.75, 3.05) is 19.8 Å². The van der Waals surface area contributed by atoms with E-state index in [1.54, 1.807) is 25.1 Å². The van der Waals surface area contributed by atoms with Crippen molar-refractivity contribution in [2.45, 2.75) is 6.92 Å². The smallest absolute Gasteiger partial charge is 0.344 e. The van der Waals surface area contributed by atoms with Gasteiger partial charge in [-0.15, -0.1) is 0 Å². The summed E-state index contributed by atoms with van der Waals surface area (Å²) in [6, 6.07) is 14.0. The number of carbonyl (C=O) groups is 2. The highest BCUT2D eigenvalue weighted by molar-refractivity contribution is 6.01. The minimum absolute atomic E-state index is 0.209. The second-order valence-corrected chi connectivity index (χ2v) is 6.19. The number of nitrogens with zero attached hydrogens (tertiary/aromatic N) is 1. The Morgan fingerprint density at radius 3 is 2.57 bits per heavy atom. The van der Waals surface area contributed by atoms with Gasteiger partial charge in [-0.3, -0.25) is 4.79 Å². The van der Waals surface area contributed by atoms with E-state index in [4.69, 9.17) is 18.7 Å². The topological polar surface area (TPSA) is 87.9 Å². The first-order valence-corrected chi connectivity index (χ1v) is 8.75. The predicted octanol–water partition coefficient (Wildman–Crippen LogP) is 3.46. The Bertz CT molecular complexity index is 1020. The highest BCUT2D eigenvalue weighted by Gasteiger charge is 2.24. The molecule has 0 aliphatic carbocycles. The van der Waals surface area contributed by atoms with Crippen molar-refractivity contribution < 1.29 is 28.3 Å². The van der Waals surface area contributed by atoms with Gasteiger partial charge >= 0.3 is 5.97 Å². The first kappa shape index (κ1) is 17.8. The molecule has 0 atom stereocenters. The molecule has 0 spiro atoms. The summed E-state index contributed by atoms with van der Waals surface area (Å²) in [6.07, 6.45) is 0. The van der Waals surface area contributed by atoms with Crippen LogP contribution in [0.15, 0.2) is 53.1 Å². The summed E-state index contributed by atoms with van der Waals surface area (Å²) in [4.78, 5) is 25.0. The van der Waals surface area contributed by atoms with Crippen LogP contribution >= 0.6 is 0 Å². The molecule has 0 fully saturated rings. The van der Waals surface area contributed by atoms with Crippen molar-refractivity contribution in [2.24, 2.45) is 0 Å². The monoisotopic (exact) mass is 379 g/mol. The van der Waals surface area contributed by atoms with Crippen molar-refractivity contribution in [1.29, 1.82) is 0 Å². The van der Waals surface area contributed by atoms with Crippen LogP contribution in [0.3, 0.4) is 0 Å². The molecule has 0 saturated heterocycles. The van der Waals surface area contributed by atoms with E-state index in [1.807, 2.05) is 30.3 Å². The molecule has 0 unspecified atom stereocenters. The van der Waals surface area contributed by atoms with Gasteiger partial charge in [0.2, 0.25) is 0 Å². The molecule has 2 heterocycles. The quantitative estimate of drug-likeness (QED) is 0.495. The minimum atomic E-state index is -0.663. The summed E-state index contributed by atoms with van der Waals surface area (Å²) in [6.45, 7) is 2.12. The largest absolute Gasteiger partial charge is 0.486 e. The molecule has 1 aliphatic rings. The minimum Gasteiger partial charge on any atom is -0.486 e. The second kappa shape index (κ2) is 7.56. The third-order valence-electron chi connectivity index (χ3n) is 4.31. The zero-order valence-corrected chi connectivity index (χ0v) is 15.1. The summed E-state index contributed by atoms with van der Waals surface area (Å²) >= 11 is 0. The average Bonchev–Trinajstić information content (AvgIpc) is 3.13. The first-order chi connectivity index (χ1) is 13.6. The molecule has 1 aromatic heterocycles. The molecular formula is C21H17NO6. The molecule has 4 rings (SSSR count). The lowest BCUT2D eigenvalue weighted by Crippen LogP contribution is -2.17. The summed E-state index contributed by atoms with van der Waals surface area (Å²) < 4.78 is 21.3. The van der Waals surface area contributed by atoms with Crippen LogP contribution in [-0.2, 0) is 4.74 Å². The van der Waals surface area contributed by atoms with Crippen LogP contribution in [0.25, 0.3) is 11.3 Å². The predicted molar refractivity (Wildman–Crippen MR) is 98.7 cm³/mol. The third kappa shape index (κ3) is 3.46. The lowest BCUT2D eigenvalue weighted by atomic mass is 10.1. The highest BCUT2D eigenvalue weighted by atomic mass is 16.6. The van der Waals surface area contributed by atoms with Crippen LogP contribution in [-0.4, -0.2) is 36.7 Å². The number of carbonyl (C=O) groups excluding carboxylic acids is 2. The van der Waals surface area contributed by atoms with Crippen LogP contribution in [0.4, 0.5) is 0 Å². The van der Waals surface area contributed by atoms with Crippen LogP contribution in [0.5, 0.6) is 11.5 Å². The Labute approximate surface area is 160 Å². The molecule has 0 radical (unpaired) electrons. The Morgan fingerprint density at radius 1 is 1.04 bits per heavy atom. The maximum Gasteiger partial charge on any atom is 0.344 e. The molecule has 142 valence electrons. The number of rotatable bonds is 5. The Kier molecular flexibility index (Phi) is 4.80. The summed E-state index contributed by atoms with van der Waals surface area (Å²) in [7, 11) is 0. The summed E-state index contributed by atoms with van der Waals surface area (Å²) in [5.41, 5.74) is 1.70. The number of hydrogen-bond acceptors (Lipinski definition) is 7. The molecule has 0 N–H and O–H groups in total. The number of esters is 1. The molecule has 2 aromatic carbocycles. The fourth-order valence-electron chi connectivity index (χ4n) is 2.91. The normalized spacial score (nSPS) is 12.5. The maximum atomic E-state index is 12.6. The van der Waals surface area contributed by atoms with Crippen molar-refractivity contribution >= 4 is 11.8 Å². The molecule has 0 saturated carbocycles. The molecule has 7 heteroatoms. The van der Waals surface area contributed by atoms with Gasteiger partial charge in [-0.05, 0) is 25.1 Å². The van der Waals surface area contributed by atoms with Crippen LogP contribution in [0.1, 0.15) is 26.5 Å². The van der Waals surface area contributed by atoms with Gasteiger partial charge in [-0.2, -0.15) is 0 Å². The van der Waals surface area contributed by atoms with Crippen molar-refractivity contribution in [3.63, 3.8) is 0 Å². The van der Waals surface area contributed by atoms with Gasteiger partial charge in [0.1, 0.15) is 30.2 Å². The van der Waals surface area contributed by atoms with Gasteiger partial charge in [0.25, 0.3) is 0 Å². The number of aromatic nitrogens is 1. The lowest BCUT2D eigenvalue weighted by molar-refractivity contribution is 0.0473. The van der Waals surface area contributed by atoms with E-state index in [9.17, 15) is 9.59 Å². The SMILES string of the molecule is Cc1onc(-c2ccccc2)c1C(=O)OCC(=O)c1ccc2c(c1)OCCO2. The Hall–Kier alpha value is -3.61. The third-order valence-corrected chi connectivity index (χ3v) is 4.31. The Morgan fingerprint density at radius 2 is 1.79 bits per heavy atom. The van der Waals surface area contributed by atoms with Gasteiger partial charge < -0.3 is 18.7 Å². The molecule has 1 aliphatic heterocycles. The zero-order valence-electron chi connectivity index (χ0n) is 15.1. The standard InChI is InChI=1S/C21H17NO6/c1-13-19(20(22-28-13)14-5-3-2-4-6-14)21(24)27-12-16(23)15-7-8-17-18(11-15)26-10-9-25-17/h2-8,11H,9-10,12H2,1H3. The fourth-order valence-corrected chi connectivity index (χ4v) is 2.91. The van der Waals surface area contributed by atoms with Crippen LogP contribution < -0.4 is 9.47 Å². The van der Waals surface area contributed by atoms with E-state index in [-0.39, 0.29) is 11.3 Å². The van der Waals surface area contributed by atoms with E-state index in [0.717, 1.165) is 5.56 Å². The van der Waals surface area contributed by atoms with Crippen LogP contribution in [0.2, 0.25) is 0 Å². The highest BCUT2D eigenvalue weighted by Crippen LogP contribution is 2.31. The van der Waals surface area contributed by atoms with Crippen LogP contribution in [0, 0.1) is 6.92 Å². The number of aryl methyl sites for hydroxylation is 1.